The Labute approximate surface area is 196 Å². The number of furan rings is 1. The summed E-state index contributed by atoms with van der Waals surface area (Å²) in [5.41, 5.74) is -3.18. The van der Waals surface area contributed by atoms with E-state index >= 15 is 0 Å². The molecule has 0 bridgehead atoms. The number of epoxide rings is 1. The zero-order valence-corrected chi connectivity index (χ0v) is 19.7. The number of carbonyl (C=O) groups excluding carboxylic acids is 3. The second-order valence-corrected chi connectivity index (χ2v) is 11.8. The molecule has 3 saturated heterocycles. The SMILES string of the molecule is CC1(C)O[C@@H]2OC(=O)C=C[C@@]23[C@H]2CC[C@@]4(C)[C@H](c5ccoc5)OC(=O)[C@H]5O[C@@]54[C@]2(C)C(=O)C[C@@H]13. The molecule has 8 nitrogen and oxygen atoms in total. The van der Waals surface area contributed by atoms with Gasteiger partial charge in [0, 0.05) is 29.4 Å². The molecule has 5 fully saturated rings. The number of rotatable bonds is 1. The van der Waals surface area contributed by atoms with Crippen molar-refractivity contribution < 1.29 is 37.7 Å². The highest BCUT2D eigenvalue weighted by Crippen LogP contribution is 2.79. The van der Waals surface area contributed by atoms with Crippen molar-refractivity contribution in [3.63, 3.8) is 0 Å². The van der Waals surface area contributed by atoms with Crippen LogP contribution in [0.4, 0.5) is 0 Å². The monoisotopic (exact) mass is 468 g/mol. The van der Waals surface area contributed by atoms with Crippen LogP contribution in [0.5, 0.6) is 0 Å². The van der Waals surface area contributed by atoms with Crippen LogP contribution in [-0.2, 0) is 33.3 Å². The van der Waals surface area contributed by atoms with E-state index in [1.54, 1.807) is 18.6 Å². The lowest BCUT2D eigenvalue weighted by molar-refractivity contribution is -0.229. The predicted octanol–water partition coefficient (Wildman–Crippen LogP) is 3.26. The van der Waals surface area contributed by atoms with Crippen molar-refractivity contribution in [1.82, 2.24) is 0 Å². The molecule has 7 rings (SSSR count). The van der Waals surface area contributed by atoms with Gasteiger partial charge in [-0.2, -0.15) is 0 Å². The first-order valence-electron chi connectivity index (χ1n) is 12.0. The summed E-state index contributed by atoms with van der Waals surface area (Å²) >= 11 is 0. The topological polar surface area (TPSA) is 105 Å². The molecule has 0 unspecified atom stereocenters. The molecule has 8 heteroatoms. The standard InChI is InChI=1S/C26H28O8/c1-22(2)15-11-16(27)24(4)14(25(15)9-6-17(28)31-21(25)34-22)5-8-23(3)18(13-7-10-30-12-13)32-20(29)19-26(23,24)33-19/h6-7,9-10,12,14-15,18-19,21H,5,8,11H2,1-4H3/t14-,15-,18-,19+,21-,23-,24-,25-,26-/m0/s1. The lowest BCUT2D eigenvalue weighted by Crippen LogP contribution is -2.71. The Bertz CT molecular complexity index is 1170. The molecule has 2 saturated carbocycles. The molecule has 1 aromatic rings. The maximum absolute atomic E-state index is 14.2. The van der Waals surface area contributed by atoms with E-state index < -0.39 is 57.9 Å². The van der Waals surface area contributed by atoms with Crippen LogP contribution in [0.25, 0.3) is 0 Å². The smallest absolute Gasteiger partial charge is 0.339 e. The van der Waals surface area contributed by atoms with Crippen LogP contribution < -0.4 is 0 Å². The minimum Gasteiger partial charge on any atom is -0.472 e. The van der Waals surface area contributed by atoms with Crippen molar-refractivity contribution in [3.05, 3.63) is 36.3 Å². The van der Waals surface area contributed by atoms with Gasteiger partial charge in [0.05, 0.1) is 29.0 Å². The van der Waals surface area contributed by atoms with E-state index in [9.17, 15) is 14.4 Å². The molecular weight excluding hydrogens is 440 g/mol. The highest BCUT2D eigenvalue weighted by Gasteiger charge is 2.89. The number of fused-ring (bicyclic) bond motifs is 1. The second kappa shape index (κ2) is 5.85. The second-order valence-electron chi connectivity index (χ2n) is 11.8. The van der Waals surface area contributed by atoms with Crippen LogP contribution in [0.15, 0.2) is 35.2 Å². The number of cyclic esters (lactones) is 1. The summed E-state index contributed by atoms with van der Waals surface area (Å²) in [6, 6.07) is 1.80. The Kier molecular flexibility index (Phi) is 3.59. The normalized spacial score (nSPS) is 51.9. The van der Waals surface area contributed by atoms with Gasteiger partial charge in [0.25, 0.3) is 0 Å². The molecule has 4 aliphatic heterocycles. The summed E-state index contributed by atoms with van der Waals surface area (Å²) in [5.74, 6) is -1.19. The molecule has 1 aromatic heterocycles. The molecule has 2 spiro atoms. The third kappa shape index (κ3) is 1.97. The van der Waals surface area contributed by atoms with Crippen LogP contribution in [0.3, 0.4) is 0 Å². The Morgan fingerprint density at radius 2 is 1.76 bits per heavy atom. The molecule has 0 N–H and O–H groups in total. The average molecular weight is 469 g/mol. The number of Topliss-reactive ketones (excluding diaryl/α,β-unsaturated/α-hetero) is 1. The van der Waals surface area contributed by atoms with Crippen molar-refractivity contribution in [2.24, 2.45) is 28.1 Å². The van der Waals surface area contributed by atoms with Crippen LogP contribution in [0, 0.1) is 28.1 Å². The third-order valence-electron chi connectivity index (χ3n) is 10.3. The van der Waals surface area contributed by atoms with Gasteiger partial charge in [-0.25, -0.2) is 9.59 Å². The van der Waals surface area contributed by atoms with Gasteiger partial charge in [0.2, 0.25) is 6.29 Å². The molecule has 2 aliphatic carbocycles. The van der Waals surface area contributed by atoms with Gasteiger partial charge in [-0.1, -0.05) is 13.0 Å². The van der Waals surface area contributed by atoms with E-state index in [4.69, 9.17) is 23.4 Å². The average Bonchev–Trinajstić information content (AvgIpc) is 3.26. The summed E-state index contributed by atoms with van der Waals surface area (Å²) in [4.78, 5) is 39.5. The molecule has 0 radical (unpaired) electrons. The molecule has 0 aromatic carbocycles. The van der Waals surface area contributed by atoms with Crippen molar-refractivity contribution in [2.75, 3.05) is 0 Å². The summed E-state index contributed by atoms with van der Waals surface area (Å²) in [6.45, 7) is 7.95. The van der Waals surface area contributed by atoms with Gasteiger partial charge in [-0.15, -0.1) is 0 Å². The fraction of sp³-hybridized carbons (Fsp3) is 0.654. The molecule has 180 valence electrons. The van der Waals surface area contributed by atoms with E-state index in [0.717, 1.165) is 5.56 Å². The maximum Gasteiger partial charge on any atom is 0.339 e. The van der Waals surface area contributed by atoms with Crippen molar-refractivity contribution in [2.45, 2.75) is 76.7 Å². The van der Waals surface area contributed by atoms with Crippen molar-refractivity contribution >= 4 is 17.7 Å². The van der Waals surface area contributed by atoms with Gasteiger partial charge in [0.1, 0.15) is 17.5 Å². The first kappa shape index (κ1) is 20.9. The molecule has 34 heavy (non-hydrogen) atoms. The van der Waals surface area contributed by atoms with Crippen molar-refractivity contribution in [1.29, 1.82) is 0 Å². The molecule has 9 atom stereocenters. The fourth-order valence-electron chi connectivity index (χ4n) is 8.86. The highest BCUT2D eigenvalue weighted by molar-refractivity contribution is 5.93. The van der Waals surface area contributed by atoms with Gasteiger partial charge in [-0.3, -0.25) is 4.79 Å². The predicted molar refractivity (Wildman–Crippen MR) is 114 cm³/mol. The zero-order chi connectivity index (χ0) is 23.9. The Morgan fingerprint density at radius 1 is 0.971 bits per heavy atom. The Balaban J connectivity index is 1.43. The maximum atomic E-state index is 14.2. The quantitative estimate of drug-likeness (QED) is 0.457. The molecule has 6 aliphatic rings. The van der Waals surface area contributed by atoms with Gasteiger partial charge in [0.15, 0.2) is 6.10 Å². The van der Waals surface area contributed by atoms with Crippen LogP contribution >= 0.6 is 0 Å². The molecule has 5 heterocycles. The lowest BCUT2D eigenvalue weighted by Gasteiger charge is -2.64. The van der Waals surface area contributed by atoms with E-state index in [1.165, 1.54) is 6.08 Å². The lowest BCUT2D eigenvalue weighted by atomic mass is 9.37. The summed E-state index contributed by atoms with van der Waals surface area (Å²) in [6.07, 6.45) is 6.02. The van der Waals surface area contributed by atoms with Gasteiger partial charge >= 0.3 is 11.9 Å². The van der Waals surface area contributed by atoms with E-state index in [2.05, 4.69) is 6.92 Å². The minimum atomic E-state index is -1.01. The minimum absolute atomic E-state index is 0.0739. The van der Waals surface area contributed by atoms with Gasteiger partial charge < -0.3 is 23.4 Å². The number of ketones is 1. The number of hydrogen-bond donors (Lipinski definition) is 0. The number of ether oxygens (including phenoxy) is 4. The van der Waals surface area contributed by atoms with E-state index in [-0.39, 0.29) is 24.0 Å². The summed E-state index contributed by atoms with van der Waals surface area (Å²) in [5, 5.41) is 0. The Hall–Kier alpha value is -2.45. The number of carbonyl (C=O) groups is 3. The number of esters is 2. The van der Waals surface area contributed by atoms with Crippen LogP contribution in [0.2, 0.25) is 0 Å². The van der Waals surface area contributed by atoms with Gasteiger partial charge in [-0.05, 0) is 45.6 Å². The van der Waals surface area contributed by atoms with E-state index in [0.29, 0.717) is 12.8 Å². The summed E-state index contributed by atoms with van der Waals surface area (Å²) in [7, 11) is 0. The number of hydrogen-bond acceptors (Lipinski definition) is 8. The third-order valence-corrected chi connectivity index (χ3v) is 10.3. The first-order valence-corrected chi connectivity index (χ1v) is 12.0. The highest BCUT2D eigenvalue weighted by atomic mass is 16.7. The molecular formula is C26H28O8. The van der Waals surface area contributed by atoms with E-state index in [1.807, 2.05) is 26.8 Å². The summed E-state index contributed by atoms with van der Waals surface area (Å²) < 4.78 is 29.6. The van der Waals surface area contributed by atoms with Crippen LogP contribution in [0.1, 0.15) is 58.6 Å². The zero-order valence-electron chi connectivity index (χ0n) is 19.7. The fourth-order valence-corrected chi connectivity index (χ4v) is 8.86. The largest absolute Gasteiger partial charge is 0.472 e. The first-order chi connectivity index (χ1) is 16.0. The molecule has 0 amide bonds. The van der Waals surface area contributed by atoms with Crippen LogP contribution in [-0.4, -0.2) is 41.3 Å². The van der Waals surface area contributed by atoms with Crippen molar-refractivity contribution in [3.8, 4) is 0 Å². The Morgan fingerprint density at radius 3 is 2.50 bits per heavy atom.